The summed E-state index contributed by atoms with van der Waals surface area (Å²) >= 11 is 0. The third kappa shape index (κ3) is 4.19. The van der Waals surface area contributed by atoms with Crippen molar-refractivity contribution >= 4 is 23.2 Å². The van der Waals surface area contributed by atoms with Crippen LogP contribution in [-0.2, 0) is 19.5 Å². The first-order valence-electron chi connectivity index (χ1n) is 3.76. The summed E-state index contributed by atoms with van der Waals surface area (Å²) in [6, 6.07) is 17.3. The first-order chi connectivity index (χ1) is 5.97. The molecule has 0 atom stereocenters. The number of benzene rings is 2. The van der Waals surface area contributed by atoms with E-state index < -0.39 is 0 Å². The molecule has 0 bridgehead atoms. The molecule has 0 aliphatic rings. The molecule has 2 rings (SSSR count). The summed E-state index contributed by atoms with van der Waals surface area (Å²) in [4.78, 5) is 0. The van der Waals surface area contributed by atoms with Gasteiger partial charge in [0.2, 0.25) is 0 Å². The molecule has 0 aliphatic carbocycles. The summed E-state index contributed by atoms with van der Waals surface area (Å²) in [6.45, 7) is 0. The third-order valence-electron chi connectivity index (χ3n) is 1.59. The minimum Gasteiger partial charge on any atom is -0.400 e. The fourth-order valence-electron chi connectivity index (χ4n) is 1.07. The first kappa shape index (κ1) is 16.0. The molecule has 1 N–H and O–H groups in total. The molecule has 72 valence electrons. The van der Waals surface area contributed by atoms with Gasteiger partial charge in [-0.05, 0) is 0 Å². The van der Waals surface area contributed by atoms with E-state index in [4.69, 9.17) is 5.11 Å². The zero-order chi connectivity index (χ0) is 8.81. The van der Waals surface area contributed by atoms with Crippen LogP contribution >= 0.6 is 12.4 Å². The van der Waals surface area contributed by atoms with Crippen molar-refractivity contribution in [2.75, 3.05) is 7.11 Å². The Hall–Kier alpha value is -0.427. The first-order valence-corrected chi connectivity index (χ1v) is 3.76. The van der Waals surface area contributed by atoms with Crippen LogP contribution in [0.25, 0.3) is 10.8 Å². The van der Waals surface area contributed by atoms with Crippen molar-refractivity contribution in [1.29, 1.82) is 0 Å². The van der Waals surface area contributed by atoms with Crippen molar-refractivity contribution in [2.24, 2.45) is 0 Å². The van der Waals surface area contributed by atoms with E-state index in [1.54, 1.807) is 0 Å². The van der Waals surface area contributed by atoms with Gasteiger partial charge in [-0.25, -0.2) is 0 Å². The fraction of sp³-hybridized carbons (Fsp3) is 0.0909. The van der Waals surface area contributed by atoms with Crippen LogP contribution in [0.5, 0.6) is 0 Å². The summed E-state index contributed by atoms with van der Waals surface area (Å²) in [7, 11) is 1.00. The summed E-state index contributed by atoms with van der Waals surface area (Å²) in [5.74, 6) is 0. The van der Waals surface area contributed by atoms with Gasteiger partial charge >= 0.3 is 0 Å². The number of hydrogen-bond donors (Lipinski definition) is 1. The molecular formula is C11H12ClOZn-. The standard InChI is InChI=1S/C10H7.CH4O.ClH.Zn/c1-2-6-10-8-4-3-7-9(10)5-1;1-2;;/h1-3,5-8H;2H,1H3;1H;/q-1;;;. The molecule has 0 spiro atoms. The number of hydrogen-bond acceptors (Lipinski definition) is 1. The maximum Gasteiger partial charge on any atom is 0.0319 e. The van der Waals surface area contributed by atoms with Gasteiger partial charge in [-0.3, -0.25) is 0 Å². The second-order valence-electron chi connectivity index (χ2n) is 2.27. The van der Waals surface area contributed by atoms with E-state index in [2.05, 4.69) is 24.3 Å². The predicted octanol–water partition coefficient (Wildman–Crippen LogP) is 2.67. The number of aliphatic hydroxyl groups excluding tert-OH is 1. The van der Waals surface area contributed by atoms with Crippen LogP contribution in [0.1, 0.15) is 0 Å². The largest absolute Gasteiger partial charge is 0.400 e. The Morgan fingerprint density at radius 2 is 1.57 bits per heavy atom. The van der Waals surface area contributed by atoms with Gasteiger partial charge in [-0.2, -0.15) is 24.3 Å². The third-order valence-corrected chi connectivity index (χ3v) is 1.59. The SMILES string of the molecule is CO.Cl.[Zn].[c-]1ccc2ccccc2c1. The van der Waals surface area contributed by atoms with E-state index in [-0.39, 0.29) is 31.9 Å². The molecule has 0 unspecified atom stereocenters. The average Bonchev–Trinajstić information content (AvgIpc) is 2.21. The summed E-state index contributed by atoms with van der Waals surface area (Å²) in [5, 5.41) is 9.53. The average molecular weight is 261 g/mol. The van der Waals surface area contributed by atoms with Gasteiger partial charge < -0.3 is 5.11 Å². The van der Waals surface area contributed by atoms with Crippen LogP contribution in [0.3, 0.4) is 0 Å². The second kappa shape index (κ2) is 9.14. The molecule has 0 radical (unpaired) electrons. The van der Waals surface area contributed by atoms with Crippen LogP contribution < -0.4 is 0 Å². The Morgan fingerprint density at radius 1 is 1.00 bits per heavy atom. The van der Waals surface area contributed by atoms with Crippen molar-refractivity contribution in [3.63, 3.8) is 0 Å². The van der Waals surface area contributed by atoms with E-state index in [1.165, 1.54) is 10.8 Å². The van der Waals surface area contributed by atoms with E-state index in [9.17, 15) is 0 Å². The van der Waals surface area contributed by atoms with E-state index in [0.717, 1.165) is 7.11 Å². The predicted molar refractivity (Wildman–Crippen MR) is 58.2 cm³/mol. The molecule has 0 heterocycles. The molecule has 0 amide bonds. The van der Waals surface area contributed by atoms with Crippen LogP contribution in [0.15, 0.2) is 42.5 Å². The number of rotatable bonds is 0. The maximum absolute atomic E-state index is 7.00. The van der Waals surface area contributed by atoms with Crippen LogP contribution in [0.4, 0.5) is 0 Å². The number of aliphatic hydroxyl groups is 1. The zero-order valence-corrected chi connectivity index (χ0v) is 11.9. The monoisotopic (exact) mass is 259 g/mol. The topological polar surface area (TPSA) is 20.2 Å². The smallest absolute Gasteiger partial charge is 0.0319 e. The van der Waals surface area contributed by atoms with E-state index in [0.29, 0.717) is 0 Å². The maximum atomic E-state index is 7.00. The van der Waals surface area contributed by atoms with Gasteiger partial charge in [0.25, 0.3) is 0 Å². The number of fused-ring (bicyclic) bond motifs is 1. The van der Waals surface area contributed by atoms with Gasteiger partial charge in [0, 0.05) is 26.6 Å². The van der Waals surface area contributed by atoms with Crippen LogP contribution in [-0.4, -0.2) is 12.2 Å². The Balaban J connectivity index is 0. The van der Waals surface area contributed by atoms with Gasteiger partial charge in [-0.15, -0.1) is 29.2 Å². The van der Waals surface area contributed by atoms with Crippen molar-refractivity contribution in [1.82, 2.24) is 0 Å². The normalized spacial score (nSPS) is 7.57. The molecule has 0 saturated carbocycles. The second-order valence-corrected chi connectivity index (χ2v) is 2.27. The molecular weight excluding hydrogens is 249 g/mol. The molecule has 14 heavy (non-hydrogen) atoms. The molecule has 0 aliphatic heterocycles. The van der Waals surface area contributed by atoms with Gasteiger partial charge in [0.05, 0.1) is 0 Å². The van der Waals surface area contributed by atoms with Crippen molar-refractivity contribution < 1.29 is 24.6 Å². The Morgan fingerprint density at radius 3 is 2.14 bits per heavy atom. The fourth-order valence-corrected chi connectivity index (χ4v) is 1.07. The zero-order valence-electron chi connectivity index (χ0n) is 8.10. The minimum absolute atomic E-state index is 0. The molecule has 0 fully saturated rings. The van der Waals surface area contributed by atoms with Crippen LogP contribution in [0, 0.1) is 6.07 Å². The molecule has 1 nitrogen and oxygen atoms in total. The van der Waals surface area contributed by atoms with Crippen LogP contribution in [0.2, 0.25) is 0 Å². The van der Waals surface area contributed by atoms with Gasteiger partial charge in [0.15, 0.2) is 0 Å². The molecule has 2 aromatic carbocycles. The Bertz CT molecular complexity index is 286. The summed E-state index contributed by atoms with van der Waals surface area (Å²) < 4.78 is 0. The quantitative estimate of drug-likeness (QED) is 0.571. The Labute approximate surface area is 103 Å². The molecule has 0 aromatic heterocycles. The van der Waals surface area contributed by atoms with Crippen molar-refractivity contribution in [3.05, 3.63) is 48.5 Å². The van der Waals surface area contributed by atoms with Gasteiger partial charge in [-0.1, -0.05) is 18.2 Å². The summed E-state index contributed by atoms with van der Waals surface area (Å²) in [6.07, 6.45) is 0. The van der Waals surface area contributed by atoms with Gasteiger partial charge in [0.1, 0.15) is 0 Å². The van der Waals surface area contributed by atoms with E-state index >= 15 is 0 Å². The summed E-state index contributed by atoms with van der Waals surface area (Å²) in [5.41, 5.74) is 0. The molecule has 0 saturated heterocycles. The van der Waals surface area contributed by atoms with Crippen molar-refractivity contribution in [3.8, 4) is 0 Å². The van der Waals surface area contributed by atoms with E-state index in [1.807, 2.05) is 24.3 Å². The minimum atomic E-state index is 0. The molecule has 3 heteroatoms. The van der Waals surface area contributed by atoms with Crippen molar-refractivity contribution in [2.45, 2.75) is 0 Å². The Kier molecular flexibility index (Phi) is 10.5. The molecule has 2 aromatic rings. The number of halogens is 1.